The van der Waals surface area contributed by atoms with Crippen molar-refractivity contribution in [2.24, 2.45) is 5.92 Å². The Morgan fingerprint density at radius 2 is 1.65 bits per heavy atom. The van der Waals surface area contributed by atoms with E-state index in [0.29, 0.717) is 28.9 Å². The van der Waals surface area contributed by atoms with Crippen molar-refractivity contribution in [3.63, 3.8) is 0 Å². The van der Waals surface area contributed by atoms with E-state index >= 15 is 0 Å². The molecule has 2 N–H and O–H groups in total. The highest BCUT2D eigenvalue weighted by atomic mass is 28.4. The maximum absolute atomic E-state index is 14.9. The Balaban J connectivity index is 1.20. The number of para-hydroxylation sites is 1. The molecular formula is C40H42N4O6Si. The van der Waals surface area contributed by atoms with Crippen LogP contribution in [0.2, 0.25) is 18.6 Å². The molecule has 5 aromatic rings. The summed E-state index contributed by atoms with van der Waals surface area (Å²) in [6.07, 6.45) is 0.911. The largest absolute Gasteiger partial charge is 0.432 e. The van der Waals surface area contributed by atoms with Crippen LogP contribution in [0.3, 0.4) is 0 Å². The monoisotopic (exact) mass is 702 g/mol. The summed E-state index contributed by atoms with van der Waals surface area (Å²) in [4.78, 5) is 57.1. The number of carbonyl (C=O) groups is 2. The second-order valence-corrected chi connectivity index (χ2v) is 18.1. The fraction of sp³-hybridized carbons (Fsp3) is 0.300. The number of aromatic nitrogens is 2. The van der Waals surface area contributed by atoms with Crippen LogP contribution < -0.4 is 10.5 Å². The average molecular weight is 703 g/mol. The van der Waals surface area contributed by atoms with Crippen LogP contribution in [0.5, 0.6) is 0 Å². The van der Waals surface area contributed by atoms with Gasteiger partial charge in [-0.2, -0.15) is 9.78 Å². The second-order valence-electron chi connectivity index (χ2n) is 14.1. The van der Waals surface area contributed by atoms with Gasteiger partial charge >= 0.3 is 0 Å². The van der Waals surface area contributed by atoms with Crippen molar-refractivity contribution in [1.82, 2.24) is 14.7 Å². The molecule has 3 heterocycles. The van der Waals surface area contributed by atoms with E-state index in [1.165, 1.54) is 4.68 Å². The Kier molecular flexibility index (Phi) is 9.23. The minimum absolute atomic E-state index is 0.0361. The first-order chi connectivity index (χ1) is 24.5. The summed E-state index contributed by atoms with van der Waals surface area (Å²) in [6, 6.07) is 31.9. The van der Waals surface area contributed by atoms with E-state index in [1.54, 1.807) is 22.1 Å². The zero-order valence-electron chi connectivity index (χ0n) is 29.0. The predicted molar refractivity (Wildman–Crippen MR) is 198 cm³/mol. The number of hydrogen-bond donors (Lipinski definition) is 2. The van der Waals surface area contributed by atoms with E-state index in [-0.39, 0.29) is 43.5 Å². The van der Waals surface area contributed by atoms with Crippen molar-refractivity contribution >= 4 is 36.6 Å². The number of benzene rings is 4. The number of nitrogens with zero attached hydrogens (tertiary/aromatic N) is 4. The quantitative estimate of drug-likeness (QED) is 0.193. The third-order valence-electron chi connectivity index (χ3n) is 10.4. The van der Waals surface area contributed by atoms with E-state index in [0.717, 1.165) is 16.5 Å². The smallest absolute Gasteiger partial charge is 0.279 e. The van der Waals surface area contributed by atoms with Crippen LogP contribution in [0.1, 0.15) is 30.0 Å². The molecule has 4 atom stereocenters. The second kappa shape index (κ2) is 13.6. The lowest BCUT2D eigenvalue weighted by Gasteiger charge is -2.32. The first-order valence-electron chi connectivity index (χ1n) is 17.3. The fourth-order valence-corrected chi connectivity index (χ4v) is 10.7. The number of aliphatic hydroxyl groups is 1. The van der Waals surface area contributed by atoms with E-state index in [9.17, 15) is 24.3 Å². The molecule has 0 radical (unpaired) electrons. The normalized spacial score (nSPS) is 21.4. The van der Waals surface area contributed by atoms with Gasteiger partial charge in [0, 0.05) is 35.5 Å². The van der Waals surface area contributed by atoms with Gasteiger partial charge in [-0.05, 0) is 48.5 Å². The van der Waals surface area contributed by atoms with Gasteiger partial charge in [-0.25, -0.2) is 0 Å². The highest BCUT2D eigenvalue weighted by Gasteiger charge is 2.66. The van der Waals surface area contributed by atoms with Crippen molar-refractivity contribution in [2.45, 2.75) is 56.8 Å². The summed E-state index contributed by atoms with van der Waals surface area (Å²) in [5.41, 5.74) is 1.65. The number of aliphatic hydroxyl groups excluding tert-OH is 1. The van der Waals surface area contributed by atoms with Crippen LogP contribution in [-0.4, -0.2) is 64.0 Å². The third kappa shape index (κ3) is 6.20. The molecule has 0 unspecified atom stereocenters. The Labute approximate surface area is 297 Å². The van der Waals surface area contributed by atoms with E-state index in [2.05, 4.69) is 5.10 Å². The number of fused-ring (bicyclic) bond motifs is 3. The number of amides is 2. The summed E-state index contributed by atoms with van der Waals surface area (Å²) < 4.78 is 8.25. The number of hydrogen-bond acceptors (Lipinski definition) is 7. The van der Waals surface area contributed by atoms with Crippen molar-refractivity contribution in [1.29, 1.82) is 0 Å². The van der Waals surface area contributed by atoms with Gasteiger partial charge < -0.3 is 24.4 Å². The summed E-state index contributed by atoms with van der Waals surface area (Å²) in [6.45, 7) is 6.11. The molecule has 0 aliphatic carbocycles. The molecule has 4 aromatic carbocycles. The Morgan fingerprint density at radius 1 is 0.941 bits per heavy atom. The van der Waals surface area contributed by atoms with Crippen molar-refractivity contribution < 1.29 is 24.2 Å². The Hall–Kier alpha value is -4.94. The molecule has 262 valence electrons. The molecule has 1 aromatic heterocycles. The van der Waals surface area contributed by atoms with Crippen LogP contribution in [0.4, 0.5) is 5.69 Å². The van der Waals surface area contributed by atoms with Gasteiger partial charge in [0.2, 0.25) is 5.91 Å². The third-order valence-corrected chi connectivity index (χ3v) is 12.9. The van der Waals surface area contributed by atoms with E-state index in [1.807, 2.05) is 117 Å². The maximum Gasteiger partial charge on any atom is 0.279 e. The molecule has 11 heteroatoms. The van der Waals surface area contributed by atoms with Gasteiger partial charge in [-0.3, -0.25) is 14.4 Å². The molecule has 1 fully saturated rings. The lowest BCUT2D eigenvalue weighted by molar-refractivity contribution is -0.150. The van der Waals surface area contributed by atoms with Gasteiger partial charge in [0.15, 0.2) is 13.9 Å². The summed E-state index contributed by atoms with van der Waals surface area (Å²) in [5.74, 6) is -0.902. The molecule has 2 amide bonds. The molecule has 1 spiro atoms. The standard InChI is InChI=1S/C40H42N4O6Si/c1-27-37(51(2,3)49)35(23-36(46)42(20-21-45)25-28-12-5-4-6-13-28)50-40(27)33-18-9-10-19-34(33)43(39(40)48)26-29-14-11-16-31(22-29)44-38(47)32-17-8-7-15-30(32)24-41-44/h4-19,22,24,27,35,37,45,49H,20-21,23,25-26H2,1-3H3/t27-,35+,37-,40+/m0/s1. The summed E-state index contributed by atoms with van der Waals surface area (Å²) in [5, 5.41) is 15.6. The van der Waals surface area contributed by atoms with Crippen LogP contribution in [0.25, 0.3) is 16.5 Å². The lowest BCUT2D eigenvalue weighted by Crippen LogP contribution is -2.46. The topological polar surface area (TPSA) is 125 Å². The van der Waals surface area contributed by atoms with E-state index in [4.69, 9.17) is 4.74 Å². The van der Waals surface area contributed by atoms with Gasteiger partial charge in [-0.1, -0.05) is 85.8 Å². The summed E-state index contributed by atoms with van der Waals surface area (Å²) in [7, 11) is -3.01. The number of anilines is 1. The van der Waals surface area contributed by atoms with Crippen LogP contribution in [0, 0.1) is 5.92 Å². The average Bonchev–Trinajstić information content (AvgIpc) is 3.55. The maximum atomic E-state index is 14.9. The van der Waals surface area contributed by atoms with Gasteiger partial charge in [0.05, 0.1) is 48.6 Å². The van der Waals surface area contributed by atoms with Crippen LogP contribution >= 0.6 is 0 Å². The number of rotatable bonds is 10. The molecule has 2 aliphatic rings. The summed E-state index contributed by atoms with van der Waals surface area (Å²) >= 11 is 0. The zero-order chi connectivity index (χ0) is 35.9. The predicted octanol–water partition coefficient (Wildman–Crippen LogP) is 5.14. The minimum atomic E-state index is -3.01. The molecule has 7 rings (SSSR count). The SMILES string of the molecule is C[C@H]1[C@H]([Si](C)(C)O)[C@@H](CC(=O)N(CCO)Cc2ccccc2)O[C@]12C(=O)N(Cc1cccc(-n3ncc4ccccc4c3=O)c1)c1ccccc12. The molecule has 10 nitrogen and oxygen atoms in total. The Bertz CT molecular complexity index is 2150. The van der Waals surface area contributed by atoms with Crippen molar-refractivity contribution in [3.05, 3.63) is 136 Å². The van der Waals surface area contributed by atoms with Gasteiger partial charge in [0.1, 0.15) is 0 Å². The number of ether oxygens (including phenoxy) is 1. The highest BCUT2D eigenvalue weighted by molar-refractivity contribution is 6.71. The number of carbonyl (C=O) groups excluding carboxylic acids is 2. The first-order valence-corrected chi connectivity index (χ1v) is 20.4. The molecule has 51 heavy (non-hydrogen) atoms. The first kappa shape index (κ1) is 34.5. The molecular weight excluding hydrogens is 661 g/mol. The highest BCUT2D eigenvalue weighted by Crippen LogP contribution is 2.59. The van der Waals surface area contributed by atoms with Crippen LogP contribution in [-0.2, 0) is 33.0 Å². The van der Waals surface area contributed by atoms with Crippen molar-refractivity contribution in [3.8, 4) is 5.69 Å². The van der Waals surface area contributed by atoms with Crippen molar-refractivity contribution in [2.75, 3.05) is 18.1 Å². The Morgan fingerprint density at radius 3 is 2.41 bits per heavy atom. The zero-order valence-corrected chi connectivity index (χ0v) is 30.0. The van der Waals surface area contributed by atoms with Gasteiger partial charge in [0.25, 0.3) is 11.5 Å². The lowest BCUT2D eigenvalue weighted by atomic mass is 9.82. The minimum Gasteiger partial charge on any atom is -0.432 e. The van der Waals surface area contributed by atoms with Gasteiger partial charge in [-0.15, -0.1) is 0 Å². The molecule has 1 saturated heterocycles. The van der Waals surface area contributed by atoms with Crippen LogP contribution in [0.15, 0.2) is 114 Å². The molecule has 0 bridgehead atoms. The fourth-order valence-electron chi connectivity index (χ4n) is 8.15. The van der Waals surface area contributed by atoms with E-state index < -0.39 is 31.5 Å². The molecule has 0 saturated carbocycles. The molecule has 2 aliphatic heterocycles.